The highest BCUT2D eigenvalue weighted by Crippen LogP contribution is 2.45. The van der Waals surface area contributed by atoms with Crippen LogP contribution in [0.25, 0.3) is 16.7 Å². The smallest absolute Gasteiger partial charge is 0.448 e. The van der Waals surface area contributed by atoms with E-state index in [2.05, 4.69) is 16.9 Å². The zero-order valence-corrected chi connectivity index (χ0v) is 20.1. The van der Waals surface area contributed by atoms with Gasteiger partial charge < -0.3 is 14.2 Å². The lowest BCUT2D eigenvalue weighted by Crippen LogP contribution is -2.56. The molecule has 6 rings (SSSR count). The number of nitrogens with zero attached hydrogens (tertiary/aromatic N) is 1. The summed E-state index contributed by atoms with van der Waals surface area (Å²) in [6, 6.07) is 18.0. The minimum absolute atomic E-state index is 0.0100. The molecule has 0 aromatic heterocycles. The maximum absolute atomic E-state index is 14.6. The molecule has 1 amide bonds. The normalized spacial score (nSPS) is 20.4. The van der Waals surface area contributed by atoms with Crippen LogP contribution < -0.4 is 4.74 Å². The molecule has 5 nitrogen and oxygen atoms in total. The summed E-state index contributed by atoms with van der Waals surface area (Å²) in [6.45, 7) is 0.536. The second kappa shape index (κ2) is 9.47. The Balaban J connectivity index is 1.21. The fraction of sp³-hybridized carbons (Fsp3) is 0.276. The number of morpholine rings is 1. The highest BCUT2D eigenvalue weighted by molar-refractivity contribution is 5.79. The fourth-order valence-corrected chi connectivity index (χ4v) is 5.70. The summed E-state index contributed by atoms with van der Waals surface area (Å²) in [7, 11) is 0. The summed E-state index contributed by atoms with van der Waals surface area (Å²) in [4.78, 5) is 14.9. The van der Waals surface area contributed by atoms with Crippen molar-refractivity contribution in [3.05, 3.63) is 95.3 Å². The van der Waals surface area contributed by atoms with Crippen molar-refractivity contribution in [2.45, 2.75) is 30.8 Å². The van der Waals surface area contributed by atoms with Gasteiger partial charge in [-0.2, -0.15) is 0 Å². The third kappa shape index (κ3) is 4.51. The number of alkyl halides is 3. The van der Waals surface area contributed by atoms with Crippen molar-refractivity contribution in [1.29, 1.82) is 0 Å². The number of hydrogen-bond donors (Lipinski definition) is 0. The van der Waals surface area contributed by atoms with Crippen LogP contribution in [0, 0.1) is 5.82 Å². The molecular weight excluding hydrogens is 502 g/mol. The summed E-state index contributed by atoms with van der Waals surface area (Å²) in [5, 5.41) is 0. The highest BCUT2D eigenvalue weighted by atomic mass is 19.4. The molecule has 1 fully saturated rings. The van der Waals surface area contributed by atoms with Crippen molar-refractivity contribution in [3.8, 4) is 16.9 Å². The Labute approximate surface area is 216 Å². The Kier molecular flexibility index (Phi) is 6.10. The number of halogens is 4. The van der Waals surface area contributed by atoms with E-state index in [9.17, 15) is 22.4 Å². The van der Waals surface area contributed by atoms with Crippen molar-refractivity contribution < 1.29 is 36.6 Å². The van der Waals surface area contributed by atoms with E-state index < -0.39 is 36.1 Å². The van der Waals surface area contributed by atoms with Crippen LogP contribution in [0.3, 0.4) is 0 Å². The number of carbonyl (C=O) groups is 1. The van der Waals surface area contributed by atoms with Gasteiger partial charge in [-0.05, 0) is 52.4 Å². The molecule has 3 aromatic carbocycles. The zero-order valence-electron chi connectivity index (χ0n) is 20.1. The van der Waals surface area contributed by atoms with Crippen LogP contribution in [0.4, 0.5) is 22.4 Å². The number of carbonyl (C=O) groups excluding carboxylic acids is 1. The van der Waals surface area contributed by atoms with Gasteiger partial charge in [0.1, 0.15) is 18.2 Å². The number of ether oxygens (including phenoxy) is 3. The average Bonchev–Trinajstić information content (AvgIpc) is 3.20. The first-order chi connectivity index (χ1) is 18.3. The van der Waals surface area contributed by atoms with Gasteiger partial charge >= 0.3 is 12.5 Å². The molecule has 1 aliphatic carbocycles. The number of benzene rings is 3. The van der Waals surface area contributed by atoms with Crippen LogP contribution in [0.1, 0.15) is 29.0 Å². The van der Waals surface area contributed by atoms with Gasteiger partial charge in [0.15, 0.2) is 0 Å². The van der Waals surface area contributed by atoms with Gasteiger partial charge in [0.05, 0.1) is 25.3 Å². The maximum Gasteiger partial charge on any atom is 0.573 e. The molecule has 2 heterocycles. The van der Waals surface area contributed by atoms with Crippen LogP contribution >= 0.6 is 0 Å². The van der Waals surface area contributed by atoms with Crippen molar-refractivity contribution in [3.63, 3.8) is 0 Å². The van der Waals surface area contributed by atoms with Crippen molar-refractivity contribution >= 4 is 11.7 Å². The second-order valence-electron chi connectivity index (χ2n) is 9.56. The quantitative estimate of drug-likeness (QED) is 0.364. The molecule has 2 atom stereocenters. The van der Waals surface area contributed by atoms with E-state index in [0.29, 0.717) is 5.57 Å². The zero-order chi connectivity index (χ0) is 26.4. The Morgan fingerprint density at radius 2 is 1.63 bits per heavy atom. The number of hydrogen-bond acceptors (Lipinski definition) is 4. The third-order valence-corrected chi connectivity index (χ3v) is 7.26. The number of rotatable bonds is 4. The van der Waals surface area contributed by atoms with E-state index in [1.54, 1.807) is 11.0 Å². The van der Waals surface area contributed by atoms with Crippen LogP contribution in [0.5, 0.6) is 5.75 Å². The van der Waals surface area contributed by atoms with Crippen molar-refractivity contribution in [2.75, 3.05) is 19.8 Å². The summed E-state index contributed by atoms with van der Waals surface area (Å²) in [5.74, 6) is -1.27. The van der Waals surface area contributed by atoms with Gasteiger partial charge in [0.25, 0.3) is 0 Å². The summed E-state index contributed by atoms with van der Waals surface area (Å²) in [5.41, 5.74) is 4.95. The lowest BCUT2D eigenvalue weighted by molar-refractivity contribution is -0.274. The molecule has 3 aliphatic rings. The van der Waals surface area contributed by atoms with Gasteiger partial charge in [0.2, 0.25) is 0 Å². The summed E-state index contributed by atoms with van der Waals surface area (Å²) < 4.78 is 68.1. The fourth-order valence-electron chi connectivity index (χ4n) is 5.70. The van der Waals surface area contributed by atoms with E-state index in [0.717, 1.165) is 40.5 Å². The standard InChI is InChI=1S/C29H23F4NO4/c30-27-10-9-20(38-29(31,32)33)13-25(27)17-11-18-14-36-15-19(12-17)34(18)28(35)37-16-26-23-7-3-1-5-21(23)22-6-2-4-8-24(22)26/h1-11,13,18-19,26H,12,14-16H2. The maximum atomic E-state index is 14.6. The van der Waals surface area contributed by atoms with E-state index in [-0.39, 0.29) is 37.7 Å². The second-order valence-corrected chi connectivity index (χ2v) is 9.56. The van der Waals surface area contributed by atoms with E-state index in [1.165, 1.54) is 0 Å². The Morgan fingerprint density at radius 1 is 0.947 bits per heavy atom. The van der Waals surface area contributed by atoms with E-state index in [4.69, 9.17) is 9.47 Å². The predicted octanol–water partition coefficient (Wildman–Crippen LogP) is 6.53. The summed E-state index contributed by atoms with van der Waals surface area (Å²) in [6.07, 6.45) is -3.53. The molecule has 0 spiro atoms. The van der Waals surface area contributed by atoms with Crippen molar-refractivity contribution in [2.24, 2.45) is 0 Å². The van der Waals surface area contributed by atoms with Crippen LogP contribution in [0.15, 0.2) is 72.8 Å². The van der Waals surface area contributed by atoms with Crippen LogP contribution in [0.2, 0.25) is 0 Å². The predicted molar refractivity (Wildman–Crippen MR) is 131 cm³/mol. The molecule has 3 aromatic rings. The molecule has 2 unspecified atom stereocenters. The lowest BCUT2D eigenvalue weighted by atomic mass is 9.89. The van der Waals surface area contributed by atoms with Gasteiger partial charge in [-0.15, -0.1) is 13.2 Å². The van der Waals surface area contributed by atoms with Crippen LogP contribution in [-0.4, -0.2) is 49.3 Å². The van der Waals surface area contributed by atoms with Crippen LogP contribution in [-0.2, 0) is 9.47 Å². The largest absolute Gasteiger partial charge is 0.573 e. The summed E-state index contributed by atoms with van der Waals surface area (Å²) >= 11 is 0. The Morgan fingerprint density at radius 3 is 2.29 bits per heavy atom. The minimum atomic E-state index is -4.89. The molecule has 9 heteroatoms. The monoisotopic (exact) mass is 525 g/mol. The minimum Gasteiger partial charge on any atom is -0.448 e. The van der Waals surface area contributed by atoms with Crippen molar-refractivity contribution in [1.82, 2.24) is 4.90 Å². The molecule has 2 aliphatic heterocycles. The molecule has 2 bridgehead atoms. The topological polar surface area (TPSA) is 48.0 Å². The van der Waals surface area contributed by atoms with Gasteiger partial charge in [-0.1, -0.05) is 54.6 Å². The van der Waals surface area contributed by atoms with Gasteiger partial charge in [-0.3, -0.25) is 4.90 Å². The van der Waals surface area contributed by atoms with Gasteiger partial charge in [-0.25, -0.2) is 9.18 Å². The van der Waals surface area contributed by atoms with Gasteiger partial charge in [0, 0.05) is 11.5 Å². The third-order valence-electron chi connectivity index (χ3n) is 7.26. The number of amides is 1. The van der Waals surface area contributed by atoms with E-state index in [1.807, 2.05) is 36.4 Å². The lowest BCUT2D eigenvalue weighted by Gasteiger charge is -2.44. The van der Waals surface area contributed by atoms with E-state index >= 15 is 0 Å². The average molecular weight is 525 g/mol. The Hall–Kier alpha value is -3.85. The molecule has 196 valence electrons. The SMILES string of the molecule is O=C(OCC1c2ccccc2-c2ccccc21)N1C2C=C(c3cc(OC(F)(F)F)ccc3F)CC1COC2. The highest BCUT2D eigenvalue weighted by Gasteiger charge is 2.40. The molecular formula is C29H23F4NO4. The molecule has 0 N–H and O–H groups in total. The molecule has 0 saturated carbocycles. The molecule has 38 heavy (non-hydrogen) atoms. The Bertz CT molecular complexity index is 1370. The number of fused-ring (bicyclic) bond motifs is 5. The molecule has 0 radical (unpaired) electrons. The first-order valence-corrected chi connectivity index (χ1v) is 12.3. The first kappa shape index (κ1) is 24.5. The molecule has 1 saturated heterocycles. The first-order valence-electron chi connectivity index (χ1n) is 12.3.